The molecule has 19 heavy (non-hydrogen) atoms. The van der Waals surface area contributed by atoms with Crippen LogP contribution in [0.1, 0.15) is 25.5 Å². The third-order valence-corrected chi connectivity index (χ3v) is 3.25. The van der Waals surface area contributed by atoms with Crippen LogP contribution in [0.25, 0.3) is 0 Å². The summed E-state index contributed by atoms with van der Waals surface area (Å²) >= 11 is 5.98. The highest BCUT2D eigenvalue weighted by Gasteiger charge is 2.11. The van der Waals surface area contributed by atoms with Crippen LogP contribution in [0.4, 0.5) is 0 Å². The van der Waals surface area contributed by atoms with Gasteiger partial charge >= 0.3 is 0 Å². The molecule has 1 atom stereocenters. The lowest BCUT2D eigenvalue weighted by molar-refractivity contribution is 0.110. The Balaban J connectivity index is 2.75. The molecule has 0 heterocycles. The van der Waals surface area contributed by atoms with Gasteiger partial charge < -0.3 is 15.4 Å². The van der Waals surface area contributed by atoms with Crippen molar-refractivity contribution in [1.82, 2.24) is 4.90 Å². The fourth-order valence-corrected chi connectivity index (χ4v) is 2.05. The van der Waals surface area contributed by atoms with Crippen molar-refractivity contribution in [2.75, 3.05) is 26.7 Å². The highest BCUT2D eigenvalue weighted by molar-refractivity contribution is 6.30. The average molecular weight is 284 g/mol. The van der Waals surface area contributed by atoms with Gasteiger partial charge in [-0.25, -0.2) is 0 Å². The van der Waals surface area contributed by atoms with Gasteiger partial charge in [-0.15, -0.1) is 0 Å². The van der Waals surface area contributed by atoms with Gasteiger partial charge in [-0.05, 0) is 31.5 Å². The topological polar surface area (TPSA) is 50.8 Å². The van der Waals surface area contributed by atoms with Crippen molar-refractivity contribution < 1.29 is 4.74 Å². The molecule has 0 spiro atoms. The molecule has 0 bridgehead atoms. The van der Waals surface area contributed by atoms with Crippen LogP contribution in [0.2, 0.25) is 5.02 Å². The molecule has 0 aromatic heterocycles. The van der Waals surface area contributed by atoms with Gasteiger partial charge in [0.2, 0.25) is 0 Å². The second-order valence-corrected chi connectivity index (χ2v) is 4.59. The zero-order chi connectivity index (χ0) is 14.3. The third kappa shape index (κ3) is 4.73. The third-order valence-electron chi connectivity index (χ3n) is 3.01. The SMILES string of the molecule is CCN(CC)C(N)=NCC(OC)c1cccc(Cl)c1. The van der Waals surface area contributed by atoms with Gasteiger partial charge in [0.25, 0.3) is 0 Å². The predicted octanol–water partition coefficient (Wildman–Crippen LogP) is 2.68. The molecule has 106 valence electrons. The summed E-state index contributed by atoms with van der Waals surface area (Å²) in [6.07, 6.45) is -0.132. The second-order valence-electron chi connectivity index (χ2n) is 4.15. The Hall–Kier alpha value is -1.26. The lowest BCUT2D eigenvalue weighted by Gasteiger charge is -2.20. The molecule has 0 aliphatic rings. The molecule has 4 nitrogen and oxygen atoms in total. The second kappa shape index (κ2) is 8.02. The molecule has 0 fully saturated rings. The first-order valence-corrected chi connectivity index (χ1v) is 6.83. The maximum absolute atomic E-state index is 5.98. The zero-order valence-electron chi connectivity index (χ0n) is 11.8. The minimum Gasteiger partial charge on any atom is -0.375 e. The molecule has 1 unspecified atom stereocenters. The largest absolute Gasteiger partial charge is 0.375 e. The van der Waals surface area contributed by atoms with E-state index in [1.807, 2.05) is 29.2 Å². The lowest BCUT2D eigenvalue weighted by Crippen LogP contribution is -2.37. The summed E-state index contributed by atoms with van der Waals surface area (Å²) in [7, 11) is 1.66. The average Bonchev–Trinajstić information content (AvgIpc) is 2.41. The molecule has 0 saturated heterocycles. The molecule has 0 saturated carbocycles. The Bertz CT molecular complexity index is 419. The molecule has 2 N–H and O–H groups in total. The van der Waals surface area contributed by atoms with E-state index in [2.05, 4.69) is 18.8 Å². The molecular weight excluding hydrogens is 262 g/mol. The maximum Gasteiger partial charge on any atom is 0.191 e. The number of halogens is 1. The fourth-order valence-electron chi connectivity index (χ4n) is 1.85. The summed E-state index contributed by atoms with van der Waals surface area (Å²) in [4.78, 5) is 6.40. The summed E-state index contributed by atoms with van der Waals surface area (Å²) in [5.74, 6) is 0.550. The summed E-state index contributed by atoms with van der Waals surface area (Å²) in [6.45, 7) is 6.29. The van der Waals surface area contributed by atoms with Crippen molar-refractivity contribution in [1.29, 1.82) is 0 Å². The Morgan fingerprint density at radius 1 is 1.42 bits per heavy atom. The van der Waals surface area contributed by atoms with E-state index in [1.54, 1.807) is 7.11 Å². The first kappa shape index (κ1) is 15.8. The summed E-state index contributed by atoms with van der Waals surface area (Å²) in [6, 6.07) is 7.61. The van der Waals surface area contributed by atoms with Crippen LogP contribution in [0.5, 0.6) is 0 Å². The summed E-state index contributed by atoms with van der Waals surface area (Å²) in [5, 5.41) is 0.695. The van der Waals surface area contributed by atoms with Crippen LogP contribution in [0.15, 0.2) is 29.3 Å². The Kier molecular flexibility index (Phi) is 6.67. The Morgan fingerprint density at radius 2 is 2.11 bits per heavy atom. The number of rotatable bonds is 6. The van der Waals surface area contributed by atoms with E-state index in [1.165, 1.54) is 0 Å². The van der Waals surface area contributed by atoms with Crippen molar-refractivity contribution >= 4 is 17.6 Å². The van der Waals surface area contributed by atoms with Gasteiger partial charge in [0, 0.05) is 25.2 Å². The first-order valence-electron chi connectivity index (χ1n) is 6.45. The van der Waals surface area contributed by atoms with Crippen molar-refractivity contribution in [2.45, 2.75) is 20.0 Å². The van der Waals surface area contributed by atoms with Crippen LogP contribution in [0.3, 0.4) is 0 Å². The number of hydrogen-bond acceptors (Lipinski definition) is 2. The van der Waals surface area contributed by atoms with E-state index in [9.17, 15) is 0 Å². The molecule has 0 aliphatic heterocycles. The van der Waals surface area contributed by atoms with Crippen LogP contribution < -0.4 is 5.73 Å². The van der Waals surface area contributed by atoms with Crippen LogP contribution in [-0.4, -0.2) is 37.6 Å². The van der Waals surface area contributed by atoms with Crippen LogP contribution >= 0.6 is 11.6 Å². The van der Waals surface area contributed by atoms with E-state index in [4.69, 9.17) is 22.1 Å². The van der Waals surface area contributed by atoms with Crippen molar-refractivity contribution in [2.24, 2.45) is 10.7 Å². The van der Waals surface area contributed by atoms with Crippen molar-refractivity contribution in [3.05, 3.63) is 34.9 Å². The Labute approximate surface area is 120 Å². The smallest absolute Gasteiger partial charge is 0.191 e. The molecule has 0 amide bonds. The number of aliphatic imine (C=N–C) groups is 1. The molecule has 1 rings (SSSR count). The lowest BCUT2D eigenvalue weighted by atomic mass is 10.1. The minimum atomic E-state index is -0.132. The normalized spacial score (nSPS) is 13.4. The Morgan fingerprint density at radius 3 is 2.63 bits per heavy atom. The molecule has 1 aromatic carbocycles. The predicted molar refractivity (Wildman–Crippen MR) is 80.6 cm³/mol. The monoisotopic (exact) mass is 283 g/mol. The molecule has 0 aliphatic carbocycles. The molecular formula is C14H22ClN3O. The van der Waals surface area contributed by atoms with Crippen LogP contribution in [-0.2, 0) is 4.74 Å². The number of hydrogen-bond donors (Lipinski definition) is 1. The molecule has 1 aromatic rings. The maximum atomic E-state index is 5.98. The van der Waals surface area contributed by atoms with Crippen LogP contribution in [0, 0.1) is 0 Å². The van der Waals surface area contributed by atoms with Gasteiger partial charge in [-0.2, -0.15) is 0 Å². The number of nitrogens with two attached hydrogens (primary N) is 1. The van der Waals surface area contributed by atoms with Gasteiger partial charge in [-0.1, -0.05) is 23.7 Å². The van der Waals surface area contributed by atoms with Crippen molar-refractivity contribution in [3.63, 3.8) is 0 Å². The van der Waals surface area contributed by atoms with E-state index in [-0.39, 0.29) is 6.10 Å². The van der Waals surface area contributed by atoms with Crippen molar-refractivity contribution in [3.8, 4) is 0 Å². The van der Waals surface area contributed by atoms with E-state index >= 15 is 0 Å². The zero-order valence-corrected chi connectivity index (χ0v) is 12.5. The van der Waals surface area contributed by atoms with E-state index in [0.29, 0.717) is 17.5 Å². The number of benzene rings is 1. The highest BCUT2D eigenvalue weighted by Crippen LogP contribution is 2.20. The molecule has 0 radical (unpaired) electrons. The number of nitrogens with zero attached hydrogens (tertiary/aromatic N) is 2. The van der Waals surface area contributed by atoms with Gasteiger partial charge in [0.1, 0.15) is 6.10 Å². The molecule has 5 heteroatoms. The van der Waals surface area contributed by atoms with Gasteiger partial charge in [-0.3, -0.25) is 4.99 Å². The fraction of sp³-hybridized carbons (Fsp3) is 0.500. The minimum absolute atomic E-state index is 0.132. The summed E-state index contributed by atoms with van der Waals surface area (Å²) < 4.78 is 5.45. The standard InChI is InChI=1S/C14H22ClN3O/c1-4-18(5-2)14(16)17-10-13(19-3)11-7-6-8-12(15)9-11/h6-9,13H,4-5,10H2,1-3H3,(H2,16,17). The summed E-state index contributed by atoms with van der Waals surface area (Å²) in [5.41, 5.74) is 6.95. The van der Waals surface area contributed by atoms with E-state index in [0.717, 1.165) is 18.7 Å². The number of methoxy groups -OCH3 is 1. The number of guanidine groups is 1. The van der Waals surface area contributed by atoms with E-state index < -0.39 is 0 Å². The van der Waals surface area contributed by atoms with Gasteiger partial charge in [0.05, 0.1) is 6.54 Å². The quantitative estimate of drug-likeness (QED) is 0.645. The highest BCUT2D eigenvalue weighted by atomic mass is 35.5. The first-order chi connectivity index (χ1) is 9.12. The number of ether oxygens (including phenoxy) is 1. The van der Waals surface area contributed by atoms with Gasteiger partial charge in [0.15, 0.2) is 5.96 Å².